The molecule has 0 heterocycles. The minimum absolute atomic E-state index is 0.0411. The van der Waals surface area contributed by atoms with Gasteiger partial charge in [-0.3, -0.25) is 0 Å². The van der Waals surface area contributed by atoms with Gasteiger partial charge in [0.1, 0.15) is 11.6 Å². The Balaban J connectivity index is 1.56. The average Bonchev–Trinajstić information content (AvgIpc) is 2.85. The van der Waals surface area contributed by atoms with Gasteiger partial charge in [-0.25, -0.2) is 8.78 Å². The van der Waals surface area contributed by atoms with Crippen LogP contribution in [0.4, 0.5) is 26.3 Å². The predicted octanol–water partition coefficient (Wildman–Crippen LogP) is 10.7. The van der Waals surface area contributed by atoms with E-state index in [-0.39, 0.29) is 36.0 Å². The highest BCUT2D eigenvalue weighted by Gasteiger charge is 2.67. The average molecular weight is 527 g/mol. The molecule has 0 bridgehead atoms. The molecule has 0 amide bonds. The maximum Gasteiger partial charge on any atom is 0.343 e. The summed E-state index contributed by atoms with van der Waals surface area (Å²) in [4.78, 5) is 0. The van der Waals surface area contributed by atoms with Crippen molar-refractivity contribution in [2.45, 2.75) is 116 Å². The Kier molecular flexibility index (Phi) is 8.26. The van der Waals surface area contributed by atoms with Crippen molar-refractivity contribution in [1.82, 2.24) is 0 Å². The summed E-state index contributed by atoms with van der Waals surface area (Å²) in [5.74, 6) is -11.0. The first-order valence-electron chi connectivity index (χ1n) is 14.2. The zero-order valence-corrected chi connectivity index (χ0v) is 22.3. The van der Waals surface area contributed by atoms with Gasteiger partial charge in [-0.05, 0) is 54.2 Å². The fourth-order valence-corrected chi connectivity index (χ4v) is 6.76. The van der Waals surface area contributed by atoms with E-state index in [2.05, 4.69) is 6.92 Å². The summed E-state index contributed by atoms with van der Waals surface area (Å²) in [7, 11) is 0. The number of hydrogen-bond acceptors (Lipinski definition) is 0. The number of fused-ring (bicyclic) bond motifs is 3. The van der Waals surface area contributed by atoms with E-state index in [0.717, 1.165) is 31.6 Å². The minimum Gasteiger partial charge on any atom is -0.211 e. The molecule has 1 saturated carbocycles. The standard InChI is InChI=1S/C31H40F6/c1-4-6-7-8-20-9-11-21(12-10-20)13-14-22-15-16-23-24-17-19-29(3,18-5-2)28(33)26(24)31(36,37)30(34,35)25(23)27(22)32/h15-17,20-21H,4-14,18-19H2,1-3H3. The number of benzene rings is 1. The second-order valence-electron chi connectivity index (χ2n) is 11.9. The molecule has 1 unspecified atom stereocenters. The van der Waals surface area contributed by atoms with E-state index in [1.807, 2.05) is 0 Å². The molecule has 0 radical (unpaired) electrons. The van der Waals surface area contributed by atoms with Crippen LogP contribution in [-0.2, 0) is 12.3 Å². The van der Waals surface area contributed by atoms with E-state index in [1.54, 1.807) is 6.92 Å². The Morgan fingerprint density at radius 3 is 2.11 bits per heavy atom. The number of hydrogen-bond donors (Lipinski definition) is 0. The quantitative estimate of drug-likeness (QED) is 0.222. The predicted molar refractivity (Wildman–Crippen MR) is 137 cm³/mol. The van der Waals surface area contributed by atoms with Crippen molar-refractivity contribution < 1.29 is 26.3 Å². The lowest BCUT2D eigenvalue weighted by molar-refractivity contribution is -0.196. The van der Waals surface area contributed by atoms with Gasteiger partial charge in [0.2, 0.25) is 0 Å². The number of allylic oxidation sites excluding steroid dienone is 4. The van der Waals surface area contributed by atoms with Gasteiger partial charge >= 0.3 is 11.8 Å². The van der Waals surface area contributed by atoms with Crippen LogP contribution in [-0.4, -0.2) is 5.92 Å². The first kappa shape index (κ1) is 28.3. The largest absolute Gasteiger partial charge is 0.343 e. The molecule has 37 heavy (non-hydrogen) atoms. The zero-order chi connectivity index (χ0) is 27.0. The van der Waals surface area contributed by atoms with Crippen LogP contribution in [0.3, 0.4) is 0 Å². The summed E-state index contributed by atoms with van der Waals surface area (Å²) in [5, 5.41) is 0. The number of rotatable bonds is 9. The van der Waals surface area contributed by atoms with Crippen LogP contribution < -0.4 is 0 Å². The third-order valence-corrected chi connectivity index (χ3v) is 9.12. The number of aryl methyl sites for hydroxylation is 1. The van der Waals surface area contributed by atoms with E-state index < -0.39 is 40.0 Å². The molecule has 4 rings (SSSR count). The smallest absolute Gasteiger partial charge is 0.211 e. The van der Waals surface area contributed by atoms with Gasteiger partial charge in [0.05, 0.1) is 11.1 Å². The van der Waals surface area contributed by atoms with E-state index in [9.17, 15) is 0 Å². The van der Waals surface area contributed by atoms with E-state index in [1.165, 1.54) is 50.8 Å². The topological polar surface area (TPSA) is 0 Å². The number of unbranched alkanes of at least 4 members (excludes halogenated alkanes) is 2. The highest BCUT2D eigenvalue weighted by Crippen LogP contribution is 2.62. The number of halogens is 6. The molecular formula is C31H40F6. The zero-order valence-electron chi connectivity index (χ0n) is 22.3. The van der Waals surface area contributed by atoms with Crippen LogP contribution >= 0.6 is 0 Å². The SMILES string of the molecule is CCCCCC1CCC(CCc2ccc3c(c2F)C(F)(F)C(F)(F)C2=C(F)C(C)(CCC)CC=C23)CC1. The molecule has 1 aromatic rings. The van der Waals surface area contributed by atoms with Gasteiger partial charge in [0.15, 0.2) is 0 Å². The maximum absolute atomic E-state index is 15.6. The fourth-order valence-electron chi connectivity index (χ4n) is 6.76. The van der Waals surface area contributed by atoms with E-state index >= 15 is 26.3 Å². The van der Waals surface area contributed by atoms with Crippen molar-refractivity contribution in [2.24, 2.45) is 17.3 Å². The molecular weight excluding hydrogens is 486 g/mol. The van der Waals surface area contributed by atoms with Crippen LogP contribution in [0, 0.1) is 23.1 Å². The molecule has 3 aliphatic rings. The highest BCUT2D eigenvalue weighted by atomic mass is 19.3. The molecule has 0 aliphatic heterocycles. The molecule has 1 aromatic carbocycles. The van der Waals surface area contributed by atoms with Crippen LogP contribution in [0.25, 0.3) is 5.57 Å². The molecule has 206 valence electrons. The van der Waals surface area contributed by atoms with Crippen LogP contribution in [0.5, 0.6) is 0 Å². The van der Waals surface area contributed by atoms with E-state index in [4.69, 9.17) is 0 Å². The Bertz CT molecular complexity index is 1040. The normalized spacial score (nSPS) is 28.5. The Morgan fingerprint density at radius 1 is 0.838 bits per heavy atom. The molecule has 0 spiro atoms. The molecule has 1 fully saturated rings. The first-order chi connectivity index (χ1) is 17.5. The van der Waals surface area contributed by atoms with E-state index in [0.29, 0.717) is 18.8 Å². The summed E-state index contributed by atoms with van der Waals surface area (Å²) >= 11 is 0. The lowest BCUT2D eigenvalue weighted by Crippen LogP contribution is -2.47. The van der Waals surface area contributed by atoms with Crippen LogP contribution in [0.15, 0.2) is 29.6 Å². The van der Waals surface area contributed by atoms with Crippen LogP contribution in [0.2, 0.25) is 0 Å². The molecule has 0 saturated heterocycles. The third-order valence-electron chi connectivity index (χ3n) is 9.12. The lowest BCUT2D eigenvalue weighted by Gasteiger charge is -2.42. The Labute approximate surface area is 217 Å². The fraction of sp³-hybridized carbons (Fsp3) is 0.677. The molecule has 1 atom stereocenters. The third kappa shape index (κ3) is 5.03. The van der Waals surface area contributed by atoms with Crippen molar-refractivity contribution in [3.63, 3.8) is 0 Å². The molecule has 0 nitrogen and oxygen atoms in total. The van der Waals surface area contributed by atoms with Crippen molar-refractivity contribution in [3.05, 3.63) is 52.1 Å². The molecule has 6 heteroatoms. The summed E-state index contributed by atoms with van der Waals surface area (Å²) in [6.07, 6.45) is 12.5. The molecule has 0 aromatic heterocycles. The first-order valence-corrected chi connectivity index (χ1v) is 14.2. The van der Waals surface area contributed by atoms with Gasteiger partial charge in [-0.15, -0.1) is 0 Å². The van der Waals surface area contributed by atoms with Gasteiger partial charge in [0.25, 0.3) is 0 Å². The molecule has 3 aliphatic carbocycles. The van der Waals surface area contributed by atoms with Gasteiger partial charge < -0.3 is 0 Å². The van der Waals surface area contributed by atoms with Crippen molar-refractivity contribution >= 4 is 5.57 Å². The van der Waals surface area contributed by atoms with Gasteiger partial charge in [0, 0.05) is 5.41 Å². The minimum atomic E-state index is -4.84. The highest BCUT2D eigenvalue weighted by molar-refractivity contribution is 5.87. The summed E-state index contributed by atoms with van der Waals surface area (Å²) in [6.45, 7) is 5.47. The van der Waals surface area contributed by atoms with Crippen molar-refractivity contribution in [1.29, 1.82) is 0 Å². The van der Waals surface area contributed by atoms with Gasteiger partial charge in [-0.2, -0.15) is 17.6 Å². The molecule has 0 N–H and O–H groups in total. The Morgan fingerprint density at radius 2 is 1.49 bits per heavy atom. The second-order valence-corrected chi connectivity index (χ2v) is 11.9. The lowest BCUT2D eigenvalue weighted by atomic mass is 9.67. The summed E-state index contributed by atoms with van der Waals surface area (Å²) < 4.78 is 92.3. The summed E-state index contributed by atoms with van der Waals surface area (Å²) in [5.41, 5.74) is -4.37. The second kappa shape index (κ2) is 10.8. The summed E-state index contributed by atoms with van der Waals surface area (Å²) in [6, 6.07) is 2.73. The Hall–Kier alpha value is -1.72. The van der Waals surface area contributed by atoms with Crippen LogP contribution in [0.1, 0.15) is 115 Å². The number of alkyl halides is 4. The van der Waals surface area contributed by atoms with Gasteiger partial charge in [-0.1, -0.05) is 96.8 Å². The monoisotopic (exact) mass is 526 g/mol. The maximum atomic E-state index is 15.6. The van der Waals surface area contributed by atoms with Crippen molar-refractivity contribution in [3.8, 4) is 0 Å². The van der Waals surface area contributed by atoms with Crippen molar-refractivity contribution in [2.75, 3.05) is 0 Å².